The molecule has 1 N–H and O–H groups in total. The van der Waals surface area contributed by atoms with Gasteiger partial charge in [-0.3, -0.25) is 0 Å². The lowest BCUT2D eigenvalue weighted by Gasteiger charge is -2.22. The Labute approximate surface area is 132 Å². The second kappa shape index (κ2) is 11.6. The van der Waals surface area contributed by atoms with Gasteiger partial charge in [-0.2, -0.15) is 0 Å². The van der Waals surface area contributed by atoms with Gasteiger partial charge in [0.2, 0.25) is 0 Å². The van der Waals surface area contributed by atoms with Crippen LogP contribution in [-0.2, 0) is 0 Å². The van der Waals surface area contributed by atoms with Crippen molar-refractivity contribution in [2.24, 2.45) is 0 Å². The summed E-state index contributed by atoms with van der Waals surface area (Å²) in [6.45, 7) is 20.5. The maximum Gasteiger partial charge on any atom is 0.0279 e. The molecule has 0 heterocycles. The molecule has 0 fully saturated rings. The van der Waals surface area contributed by atoms with Gasteiger partial charge in [-0.15, -0.1) is 13.2 Å². The van der Waals surface area contributed by atoms with Crippen LogP contribution in [0, 0.1) is 0 Å². The molecular formula is C20H35N. The minimum atomic E-state index is 0.390. The van der Waals surface area contributed by atoms with E-state index < -0.39 is 0 Å². The van der Waals surface area contributed by atoms with Gasteiger partial charge in [-0.25, -0.2) is 0 Å². The standard InChI is InChI=1S/C20H35N/c1-16(2)12-9-8-10-14-19(7)21-20(18(5)6)15-11-13-17(3)4/h10,14,19-21H,1,3,5,8-9,11-13,15H2,2,4,6-7H3/b14-10+. The van der Waals surface area contributed by atoms with Crippen molar-refractivity contribution in [2.45, 2.75) is 78.3 Å². The Morgan fingerprint density at radius 2 is 1.57 bits per heavy atom. The van der Waals surface area contributed by atoms with Gasteiger partial charge in [-0.1, -0.05) is 35.5 Å². The van der Waals surface area contributed by atoms with Crippen LogP contribution in [0.4, 0.5) is 0 Å². The Hall–Kier alpha value is -1.08. The van der Waals surface area contributed by atoms with Gasteiger partial charge in [0.15, 0.2) is 0 Å². The minimum Gasteiger partial charge on any atom is -0.304 e. The Bertz CT molecular complexity index is 362. The van der Waals surface area contributed by atoms with Crippen LogP contribution in [0.25, 0.3) is 0 Å². The Morgan fingerprint density at radius 1 is 1.00 bits per heavy atom. The van der Waals surface area contributed by atoms with Crippen LogP contribution < -0.4 is 5.32 Å². The predicted octanol–water partition coefficient (Wildman–Crippen LogP) is 5.96. The Kier molecular flexibility index (Phi) is 11.0. The van der Waals surface area contributed by atoms with Gasteiger partial charge in [0.25, 0.3) is 0 Å². The van der Waals surface area contributed by atoms with Crippen molar-refractivity contribution in [2.75, 3.05) is 0 Å². The van der Waals surface area contributed by atoms with Gasteiger partial charge in [0.05, 0.1) is 0 Å². The summed E-state index contributed by atoms with van der Waals surface area (Å²) in [5, 5.41) is 3.66. The molecule has 21 heavy (non-hydrogen) atoms. The van der Waals surface area contributed by atoms with E-state index in [9.17, 15) is 0 Å². The number of rotatable bonds is 12. The first-order valence-electron chi connectivity index (χ1n) is 8.19. The van der Waals surface area contributed by atoms with E-state index >= 15 is 0 Å². The number of allylic oxidation sites excluding steroid dienone is 3. The van der Waals surface area contributed by atoms with Crippen LogP contribution in [0.3, 0.4) is 0 Å². The highest BCUT2D eigenvalue weighted by atomic mass is 14.9. The van der Waals surface area contributed by atoms with E-state index in [4.69, 9.17) is 0 Å². The van der Waals surface area contributed by atoms with Crippen LogP contribution in [0.15, 0.2) is 48.6 Å². The molecule has 1 nitrogen and oxygen atoms in total. The van der Waals surface area contributed by atoms with Gasteiger partial charge in [-0.05, 0) is 66.2 Å². The highest BCUT2D eigenvalue weighted by Crippen LogP contribution is 2.12. The van der Waals surface area contributed by atoms with Crippen molar-refractivity contribution in [3.63, 3.8) is 0 Å². The largest absolute Gasteiger partial charge is 0.304 e. The lowest BCUT2D eigenvalue weighted by Crippen LogP contribution is -2.36. The normalized spacial score (nSPS) is 14.1. The molecule has 0 rings (SSSR count). The smallest absolute Gasteiger partial charge is 0.0279 e. The number of hydrogen-bond acceptors (Lipinski definition) is 1. The van der Waals surface area contributed by atoms with E-state index in [-0.39, 0.29) is 0 Å². The predicted molar refractivity (Wildman–Crippen MR) is 97.7 cm³/mol. The van der Waals surface area contributed by atoms with Gasteiger partial charge in [0.1, 0.15) is 0 Å². The SMILES string of the molecule is C=C(C)CCC/C=C/C(C)NC(CCCC(=C)C)C(=C)C. The molecule has 0 radical (unpaired) electrons. The van der Waals surface area contributed by atoms with E-state index in [0.717, 1.165) is 25.7 Å². The quantitative estimate of drug-likeness (QED) is 0.345. The zero-order valence-electron chi connectivity index (χ0n) is 14.7. The zero-order valence-corrected chi connectivity index (χ0v) is 14.7. The van der Waals surface area contributed by atoms with Crippen LogP contribution in [0.1, 0.15) is 66.2 Å². The van der Waals surface area contributed by atoms with E-state index in [0.29, 0.717) is 12.1 Å². The molecule has 0 aliphatic heterocycles. The highest BCUT2D eigenvalue weighted by molar-refractivity contribution is 5.05. The monoisotopic (exact) mass is 289 g/mol. The molecule has 0 amide bonds. The van der Waals surface area contributed by atoms with Crippen molar-refractivity contribution < 1.29 is 0 Å². The fourth-order valence-corrected chi connectivity index (χ4v) is 2.27. The van der Waals surface area contributed by atoms with E-state index in [1.807, 2.05) is 0 Å². The maximum absolute atomic E-state index is 4.12. The van der Waals surface area contributed by atoms with Gasteiger partial charge in [0, 0.05) is 12.1 Å². The fraction of sp³-hybridized carbons (Fsp3) is 0.600. The lowest BCUT2D eigenvalue weighted by molar-refractivity contribution is 0.492. The molecule has 0 aromatic carbocycles. The summed E-state index contributed by atoms with van der Waals surface area (Å²) in [7, 11) is 0. The van der Waals surface area contributed by atoms with Crippen LogP contribution >= 0.6 is 0 Å². The van der Waals surface area contributed by atoms with Crippen LogP contribution in [0.2, 0.25) is 0 Å². The molecule has 0 aromatic heterocycles. The zero-order chi connectivity index (χ0) is 16.3. The van der Waals surface area contributed by atoms with E-state index in [2.05, 4.69) is 64.9 Å². The highest BCUT2D eigenvalue weighted by Gasteiger charge is 2.10. The van der Waals surface area contributed by atoms with Gasteiger partial charge < -0.3 is 5.32 Å². The van der Waals surface area contributed by atoms with Crippen LogP contribution in [0.5, 0.6) is 0 Å². The summed E-state index contributed by atoms with van der Waals surface area (Å²) in [6, 6.07) is 0.792. The molecule has 0 aliphatic carbocycles. The second-order valence-corrected chi connectivity index (χ2v) is 6.48. The summed E-state index contributed by atoms with van der Waals surface area (Å²) >= 11 is 0. The molecule has 0 bridgehead atoms. The summed E-state index contributed by atoms with van der Waals surface area (Å²) in [5.41, 5.74) is 3.76. The fourth-order valence-electron chi connectivity index (χ4n) is 2.27. The summed E-state index contributed by atoms with van der Waals surface area (Å²) < 4.78 is 0. The molecule has 0 spiro atoms. The first kappa shape index (κ1) is 19.9. The molecule has 2 unspecified atom stereocenters. The van der Waals surface area contributed by atoms with E-state index in [1.54, 1.807) is 0 Å². The van der Waals surface area contributed by atoms with E-state index in [1.165, 1.54) is 29.6 Å². The van der Waals surface area contributed by atoms with Crippen molar-refractivity contribution in [3.05, 3.63) is 48.6 Å². The third-order valence-electron chi connectivity index (χ3n) is 3.55. The third-order valence-corrected chi connectivity index (χ3v) is 3.55. The average Bonchev–Trinajstić information content (AvgIpc) is 2.36. The lowest BCUT2D eigenvalue weighted by atomic mass is 10.0. The third kappa shape index (κ3) is 12.4. The number of unbranched alkanes of at least 4 members (excludes halogenated alkanes) is 1. The number of nitrogens with one attached hydrogen (secondary N) is 1. The topological polar surface area (TPSA) is 12.0 Å². The second-order valence-electron chi connectivity index (χ2n) is 6.48. The molecule has 0 aromatic rings. The Balaban J connectivity index is 4.07. The first-order chi connectivity index (χ1) is 9.82. The molecule has 1 heteroatoms. The minimum absolute atomic E-state index is 0.390. The molecule has 2 atom stereocenters. The molecule has 0 aliphatic rings. The van der Waals surface area contributed by atoms with Crippen molar-refractivity contribution >= 4 is 0 Å². The van der Waals surface area contributed by atoms with Crippen molar-refractivity contribution in [1.29, 1.82) is 0 Å². The molecule has 0 saturated carbocycles. The summed E-state index contributed by atoms with van der Waals surface area (Å²) in [5.74, 6) is 0. The average molecular weight is 290 g/mol. The molecule has 120 valence electrons. The van der Waals surface area contributed by atoms with Crippen molar-refractivity contribution in [1.82, 2.24) is 5.32 Å². The molecular weight excluding hydrogens is 254 g/mol. The molecule has 0 saturated heterocycles. The van der Waals surface area contributed by atoms with Crippen molar-refractivity contribution in [3.8, 4) is 0 Å². The van der Waals surface area contributed by atoms with Crippen LogP contribution in [-0.4, -0.2) is 12.1 Å². The summed E-state index contributed by atoms with van der Waals surface area (Å²) in [4.78, 5) is 0. The Morgan fingerprint density at radius 3 is 2.10 bits per heavy atom. The van der Waals surface area contributed by atoms with Gasteiger partial charge >= 0.3 is 0 Å². The number of hydrogen-bond donors (Lipinski definition) is 1. The maximum atomic E-state index is 4.12. The first-order valence-corrected chi connectivity index (χ1v) is 8.19. The summed E-state index contributed by atoms with van der Waals surface area (Å²) in [6.07, 6.45) is 11.4.